The van der Waals surface area contributed by atoms with Crippen molar-refractivity contribution in [2.45, 2.75) is 32.7 Å². The van der Waals surface area contributed by atoms with Crippen LogP contribution < -0.4 is 5.43 Å². The summed E-state index contributed by atoms with van der Waals surface area (Å²) in [4.78, 5) is 13.5. The van der Waals surface area contributed by atoms with Gasteiger partial charge in [0.2, 0.25) is 5.43 Å². The summed E-state index contributed by atoms with van der Waals surface area (Å²) in [6.07, 6.45) is -0.741. The van der Waals surface area contributed by atoms with Crippen LogP contribution in [0.1, 0.15) is 18.3 Å². The van der Waals surface area contributed by atoms with E-state index < -0.39 is 23.9 Å². The van der Waals surface area contributed by atoms with Gasteiger partial charge in [0, 0.05) is 37.9 Å². The summed E-state index contributed by atoms with van der Waals surface area (Å²) in [7, 11) is 0. The van der Waals surface area contributed by atoms with E-state index in [1.54, 1.807) is 11.8 Å². The Morgan fingerprint density at radius 2 is 1.82 bits per heavy atom. The first-order valence-electron chi connectivity index (χ1n) is 7.12. The Kier molecular flexibility index (Phi) is 7.49. The zero-order valence-corrected chi connectivity index (χ0v) is 12.6. The van der Waals surface area contributed by atoms with Gasteiger partial charge in [-0.15, -0.1) is 0 Å². The van der Waals surface area contributed by atoms with Crippen LogP contribution in [0.15, 0.2) is 10.9 Å². The van der Waals surface area contributed by atoms with Gasteiger partial charge in [-0.2, -0.15) is 0 Å². The number of nitrogens with zero attached hydrogens (tertiary/aromatic N) is 2. The van der Waals surface area contributed by atoms with E-state index in [0.717, 1.165) is 6.07 Å². The van der Waals surface area contributed by atoms with E-state index in [2.05, 4.69) is 0 Å². The minimum absolute atomic E-state index is 0.1000. The molecule has 0 aromatic carbocycles. The van der Waals surface area contributed by atoms with Crippen molar-refractivity contribution in [3.05, 3.63) is 27.7 Å². The van der Waals surface area contributed by atoms with Crippen molar-refractivity contribution >= 4 is 0 Å². The average Bonchev–Trinajstić information content (AvgIpc) is 2.46. The van der Waals surface area contributed by atoms with Crippen molar-refractivity contribution in [3.63, 3.8) is 0 Å². The van der Waals surface area contributed by atoms with Crippen molar-refractivity contribution in [2.24, 2.45) is 0 Å². The van der Waals surface area contributed by atoms with Gasteiger partial charge in [0.25, 0.3) is 0 Å². The molecule has 1 aromatic heterocycles. The third-order valence-corrected chi connectivity index (χ3v) is 3.29. The quantitative estimate of drug-likeness (QED) is 0.364. The highest BCUT2D eigenvalue weighted by molar-refractivity contribution is 5.30. The molecule has 126 valence electrons. The molecule has 0 aliphatic carbocycles. The van der Waals surface area contributed by atoms with Crippen LogP contribution in [0, 0.1) is 0 Å². The molecule has 0 aliphatic rings. The predicted molar refractivity (Wildman–Crippen MR) is 79.4 cm³/mol. The van der Waals surface area contributed by atoms with Gasteiger partial charge in [0.1, 0.15) is 0 Å². The second kappa shape index (κ2) is 8.86. The van der Waals surface area contributed by atoms with Gasteiger partial charge in [0.15, 0.2) is 5.75 Å². The molecule has 0 radical (unpaired) electrons. The van der Waals surface area contributed by atoms with Crippen molar-refractivity contribution in [3.8, 4) is 5.75 Å². The summed E-state index contributed by atoms with van der Waals surface area (Å²) in [5, 5.41) is 47.1. The van der Waals surface area contributed by atoms with Gasteiger partial charge >= 0.3 is 0 Å². The summed E-state index contributed by atoms with van der Waals surface area (Å²) in [6.45, 7) is 1.59. The molecule has 0 spiro atoms. The lowest BCUT2D eigenvalue weighted by Crippen LogP contribution is -2.33. The molecule has 5 N–H and O–H groups in total. The molecular formula is C14H24N2O6. The van der Waals surface area contributed by atoms with E-state index in [4.69, 9.17) is 10.2 Å². The molecule has 8 nitrogen and oxygen atoms in total. The van der Waals surface area contributed by atoms with Gasteiger partial charge in [-0.3, -0.25) is 9.69 Å². The zero-order chi connectivity index (χ0) is 16.7. The molecule has 1 heterocycles. The Hall–Kier alpha value is -1.45. The van der Waals surface area contributed by atoms with Crippen LogP contribution in [-0.4, -0.2) is 67.4 Å². The zero-order valence-electron chi connectivity index (χ0n) is 12.6. The molecular weight excluding hydrogens is 292 g/mol. The minimum atomic E-state index is -0.741. The summed E-state index contributed by atoms with van der Waals surface area (Å²) in [6, 6.07) is 1.13. The van der Waals surface area contributed by atoms with Crippen LogP contribution in [0.2, 0.25) is 0 Å². The molecule has 22 heavy (non-hydrogen) atoms. The second-order valence-corrected chi connectivity index (χ2v) is 5.14. The van der Waals surface area contributed by atoms with Gasteiger partial charge in [-0.25, -0.2) is 0 Å². The van der Waals surface area contributed by atoms with Gasteiger partial charge in [-0.05, 0) is 6.92 Å². The second-order valence-electron chi connectivity index (χ2n) is 5.14. The molecule has 0 aliphatic heterocycles. The van der Waals surface area contributed by atoms with Crippen molar-refractivity contribution in [1.82, 2.24) is 9.47 Å². The lowest BCUT2D eigenvalue weighted by molar-refractivity contribution is 0.143. The van der Waals surface area contributed by atoms with Gasteiger partial charge in [-0.1, -0.05) is 0 Å². The topological polar surface area (TPSA) is 126 Å². The number of rotatable bonds is 9. The largest absolute Gasteiger partial charge is 0.503 e. The summed E-state index contributed by atoms with van der Waals surface area (Å²) < 4.78 is 1.49. The molecule has 1 aromatic rings. The van der Waals surface area contributed by atoms with E-state index >= 15 is 0 Å². The SMILES string of the molecule is CC(O)Cn1c(CO)cc(=O)c(O)c1CN(CCO)CCO. The first kappa shape index (κ1) is 18.6. The fraction of sp³-hybridized carbons (Fsp3) is 0.643. The highest BCUT2D eigenvalue weighted by Gasteiger charge is 2.18. The lowest BCUT2D eigenvalue weighted by atomic mass is 10.2. The monoisotopic (exact) mass is 316 g/mol. The van der Waals surface area contributed by atoms with E-state index in [-0.39, 0.29) is 50.8 Å². The third kappa shape index (κ3) is 4.79. The standard InChI is InChI=1S/C14H24N2O6/c1-10(20)7-16-11(9-19)6-13(21)14(22)12(16)8-15(2-4-17)3-5-18/h6,10,17-20,22H,2-5,7-9H2,1H3. The van der Waals surface area contributed by atoms with Crippen LogP contribution >= 0.6 is 0 Å². The lowest BCUT2D eigenvalue weighted by Gasteiger charge is -2.25. The Bertz CT molecular complexity index is 523. The van der Waals surface area contributed by atoms with Crippen molar-refractivity contribution < 1.29 is 25.5 Å². The summed E-state index contributed by atoms with van der Waals surface area (Å²) in [5.74, 6) is -0.460. The molecule has 0 saturated heterocycles. The number of pyridine rings is 1. The maximum atomic E-state index is 11.8. The van der Waals surface area contributed by atoms with E-state index in [1.165, 1.54) is 4.57 Å². The first-order chi connectivity index (χ1) is 10.4. The smallest absolute Gasteiger partial charge is 0.223 e. The number of aliphatic hydroxyl groups excluding tert-OH is 4. The Labute approximate surface area is 128 Å². The Morgan fingerprint density at radius 1 is 1.23 bits per heavy atom. The van der Waals surface area contributed by atoms with E-state index in [9.17, 15) is 20.1 Å². The fourth-order valence-electron chi connectivity index (χ4n) is 2.29. The molecule has 1 unspecified atom stereocenters. The van der Waals surface area contributed by atoms with E-state index in [0.29, 0.717) is 0 Å². The van der Waals surface area contributed by atoms with Crippen molar-refractivity contribution in [1.29, 1.82) is 0 Å². The highest BCUT2D eigenvalue weighted by atomic mass is 16.3. The fourth-order valence-corrected chi connectivity index (χ4v) is 2.29. The molecule has 1 rings (SSSR count). The average molecular weight is 316 g/mol. The first-order valence-corrected chi connectivity index (χ1v) is 7.12. The number of hydrogen-bond donors (Lipinski definition) is 5. The number of aromatic nitrogens is 1. The molecule has 1 atom stereocenters. The number of hydrogen-bond acceptors (Lipinski definition) is 7. The molecule has 0 bridgehead atoms. The highest BCUT2D eigenvalue weighted by Crippen LogP contribution is 2.18. The van der Waals surface area contributed by atoms with Gasteiger partial charge in [0.05, 0.1) is 31.6 Å². The van der Waals surface area contributed by atoms with Crippen LogP contribution in [0.25, 0.3) is 0 Å². The normalized spacial score (nSPS) is 12.8. The molecule has 0 amide bonds. The maximum absolute atomic E-state index is 11.8. The molecule has 0 saturated carbocycles. The Morgan fingerprint density at radius 3 is 2.27 bits per heavy atom. The number of aliphatic hydroxyl groups is 4. The summed E-state index contributed by atoms with van der Waals surface area (Å²) >= 11 is 0. The Balaban J connectivity index is 3.28. The molecule has 8 heteroatoms. The minimum Gasteiger partial charge on any atom is -0.503 e. The van der Waals surface area contributed by atoms with Crippen LogP contribution in [-0.2, 0) is 19.7 Å². The molecule has 0 fully saturated rings. The summed E-state index contributed by atoms with van der Waals surface area (Å²) in [5.41, 5.74) is -0.0974. The van der Waals surface area contributed by atoms with Gasteiger partial charge < -0.3 is 30.1 Å². The maximum Gasteiger partial charge on any atom is 0.223 e. The van der Waals surface area contributed by atoms with E-state index in [1.807, 2.05) is 0 Å². The predicted octanol–water partition coefficient (Wildman–Crippen LogP) is -1.79. The van der Waals surface area contributed by atoms with Crippen LogP contribution in [0.3, 0.4) is 0 Å². The number of aromatic hydroxyl groups is 1. The van der Waals surface area contributed by atoms with Crippen LogP contribution in [0.4, 0.5) is 0 Å². The van der Waals surface area contributed by atoms with Crippen molar-refractivity contribution in [2.75, 3.05) is 26.3 Å². The van der Waals surface area contributed by atoms with Crippen LogP contribution in [0.5, 0.6) is 5.75 Å². The third-order valence-electron chi connectivity index (χ3n) is 3.29.